The highest BCUT2D eigenvalue weighted by Crippen LogP contribution is 2.23. The highest BCUT2D eigenvalue weighted by atomic mass is 35.5. The van der Waals surface area contributed by atoms with Crippen molar-refractivity contribution in [1.29, 1.82) is 0 Å². The van der Waals surface area contributed by atoms with Crippen molar-refractivity contribution in [3.63, 3.8) is 0 Å². The fourth-order valence-corrected chi connectivity index (χ4v) is 3.20. The number of benzene rings is 2. The zero-order chi connectivity index (χ0) is 20.7. The predicted octanol–water partition coefficient (Wildman–Crippen LogP) is 3.08. The summed E-state index contributed by atoms with van der Waals surface area (Å²) in [5, 5.41) is 14.0. The van der Waals surface area contributed by atoms with Crippen molar-refractivity contribution in [3.05, 3.63) is 57.8 Å². The molecule has 0 saturated heterocycles. The Kier molecular flexibility index (Phi) is 8.33. The Morgan fingerprint density at radius 1 is 1.18 bits per heavy atom. The molecular formula is C18H21Cl2FN2O4S. The van der Waals surface area contributed by atoms with Gasteiger partial charge in [0.1, 0.15) is 18.5 Å². The summed E-state index contributed by atoms with van der Waals surface area (Å²) < 4.78 is 43.5. The number of ether oxygens (including phenoxy) is 1. The van der Waals surface area contributed by atoms with Crippen molar-refractivity contribution >= 4 is 38.9 Å². The standard InChI is InChI=1S/C18H21Cl2FN2O4S/c1-28(25,26)23-18-5-3-14(9-17(18)21)27-11-13(24)10-22-7-6-12-2-4-15(19)16(20)8-12/h2-5,8-9,13,22-24H,6-7,10-11H2,1H3/t13-/m0/s1. The molecule has 0 spiro atoms. The summed E-state index contributed by atoms with van der Waals surface area (Å²) in [5.41, 5.74) is 0.852. The van der Waals surface area contributed by atoms with E-state index in [1.54, 1.807) is 12.1 Å². The fourth-order valence-electron chi connectivity index (χ4n) is 2.32. The molecule has 0 aliphatic carbocycles. The summed E-state index contributed by atoms with van der Waals surface area (Å²) in [6.07, 6.45) is 0.845. The maximum Gasteiger partial charge on any atom is 0.229 e. The maximum atomic E-state index is 13.9. The zero-order valence-electron chi connectivity index (χ0n) is 15.1. The van der Waals surface area contributed by atoms with Crippen LogP contribution >= 0.6 is 23.2 Å². The zero-order valence-corrected chi connectivity index (χ0v) is 17.4. The lowest BCUT2D eigenvalue weighted by Gasteiger charge is -2.14. The molecule has 0 amide bonds. The number of rotatable bonds is 10. The summed E-state index contributed by atoms with van der Waals surface area (Å²) >= 11 is 11.8. The van der Waals surface area contributed by atoms with Gasteiger partial charge in [-0.25, -0.2) is 12.8 Å². The van der Waals surface area contributed by atoms with Crippen molar-refractivity contribution in [2.45, 2.75) is 12.5 Å². The van der Waals surface area contributed by atoms with E-state index in [0.717, 1.165) is 17.9 Å². The first-order chi connectivity index (χ1) is 13.1. The number of nitrogens with one attached hydrogen (secondary N) is 2. The lowest BCUT2D eigenvalue weighted by molar-refractivity contribution is 0.106. The van der Waals surface area contributed by atoms with Gasteiger partial charge in [0.25, 0.3) is 0 Å². The van der Waals surface area contributed by atoms with E-state index in [1.165, 1.54) is 12.1 Å². The summed E-state index contributed by atoms with van der Waals surface area (Å²) in [6, 6.07) is 9.14. The van der Waals surface area contributed by atoms with Gasteiger partial charge in [-0.2, -0.15) is 0 Å². The average molecular weight is 451 g/mol. The quantitative estimate of drug-likeness (QED) is 0.484. The Morgan fingerprint density at radius 2 is 1.93 bits per heavy atom. The van der Waals surface area contributed by atoms with E-state index < -0.39 is 21.9 Å². The van der Waals surface area contributed by atoms with Crippen molar-refractivity contribution < 1.29 is 22.7 Å². The lowest BCUT2D eigenvalue weighted by atomic mass is 10.1. The van der Waals surface area contributed by atoms with Crippen LogP contribution in [0.1, 0.15) is 5.56 Å². The Morgan fingerprint density at radius 3 is 2.57 bits per heavy atom. The van der Waals surface area contributed by atoms with Crippen LogP contribution in [0.3, 0.4) is 0 Å². The second-order valence-corrected chi connectivity index (χ2v) is 8.75. The van der Waals surface area contributed by atoms with Gasteiger partial charge in [0.05, 0.1) is 22.0 Å². The van der Waals surface area contributed by atoms with Crippen LogP contribution in [0, 0.1) is 5.82 Å². The van der Waals surface area contributed by atoms with Crippen molar-refractivity contribution in [2.24, 2.45) is 0 Å². The van der Waals surface area contributed by atoms with Gasteiger partial charge in [-0.3, -0.25) is 4.72 Å². The van der Waals surface area contributed by atoms with Crippen LogP contribution in [0.25, 0.3) is 0 Å². The van der Waals surface area contributed by atoms with Gasteiger partial charge < -0.3 is 15.2 Å². The number of aliphatic hydroxyl groups is 1. The predicted molar refractivity (Wildman–Crippen MR) is 109 cm³/mol. The Hall–Kier alpha value is -1.58. The first-order valence-electron chi connectivity index (χ1n) is 8.37. The second kappa shape index (κ2) is 10.3. The van der Waals surface area contributed by atoms with Crippen LogP contribution in [-0.4, -0.2) is 45.6 Å². The van der Waals surface area contributed by atoms with Gasteiger partial charge in [0.2, 0.25) is 10.0 Å². The maximum absolute atomic E-state index is 13.9. The number of hydrogen-bond donors (Lipinski definition) is 3. The van der Waals surface area contributed by atoms with Gasteiger partial charge in [0.15, 0.2) is 5.82 Å². The van der Waals surface area contributed by atoms with Crippen LogP contribution in [0.4, 0.5) is 10.1 Å². The van der Waals surface area contributed by atoms with Crippen LogP contribution in [0.5, 0.6) is 5.75 Å². The molecule has 2 aromatic rings. The molecule has 0 aromatic heterocycles. The summed E-state index contributed by atoms with van der Waals surface area (Å²) in [6.45, 7) is 0.866. The molecule has 0 unspecified atom stereocenters. The van der Waals surface area contributed by atoms with Gasteiger partial charge in [0, 0.05) is 12.6 Å². The molecule has 0 saturated carbocycles. The van der Waals surface area contributed by atoms with Crippen molar-refractivity contribution in [2.75, 3.05) is 30.7 Å². The SMILES string of the molecule is CS(=O)(=O)Nc1ccc(OC[C@@H](O)CNCCc2ccc(Cl)c(Cl)c2)cc1F. The topological polar surface area (TPSA) is 87.7 Å². The number of anilines is 1. The molecule has 0 aliphatic heterocycles. The molecular weight excluding hydrogens is 430 g/mol. The van der Waals surface area contributed by atoms with Crippen molar-refractivity contribution in [1.82, 2.24) is 5.32 Å². The fraction of sp³-hybridized carbons (Fsp3) is 0.333. The Labute approximate surface area is 173 Å². The number of aliphatic hydroxyl groups excluding tert-OH is 1. The minimum absolute atomic E-state index is 0.0436. The van der Waals surface area contributed by atoms with E-state index in [2.05, 4.69) is 10.0 Å². The van der Waals surface area contributed by atoms with E-state index in [4.69, 9.17) is 27.9 Å². The summed E-state index contributed by atoms with van der Waals surface area (Å²) in [5.74, 6) is -0.580. The number of sulfonamides is 1. The molecule has 28 heavy (non-hydrogen) atoms. The third-order valence-corrected chi connectivity index (χ3v) is 4.96. The van der Waals surface area contributed by atoms with Gasteiger partial charge >= 0.3 is 0 Å². The minimum atomic E-state index is -3.57. The van der Waals surface area contributed by atoms with Crippen molar-refractivity contribution in [3.8, 4) is 5.75 Å². The second-order valence-electron chi connectivity index (χ2n) is 6.18. The molecule has 0 radical (unpaired) electrons. The highest BCUT2D eigenvalue weighted by Gasteiger charge is 2.10. The summed E-state index contributed by atoms with van der Waals surface area (Å²) in [7, 11) is -3.57. The summed E-state index contributed by atoms with van der Waals surface area (Å²) in [4.78, 5) is 0. The monoisotopic (exact) mass is 450 g/mol. The number of hydrogen-bond acceptors (Lipinski definition) is 5. The third kappa shape index (κ3) is 7.81. The largest absolute Gasteiger partial charge is 0.491 e. The minimum Gasteiger partial charge on any atom is -0.491 e. The molecule has 6 nitrogen and oxygen atoms in total. The van der Waals surface area contributed by atoms with Crippen LogP contribution in [0.15, 0.2) is 36.4 Å². The normalized spacial score (nSPS) is 12.6. The molecule has 2 aromatic carbocycles. The Balaban J connectivity index is 1.72. The van der Waals surface area contributed by atoms with E-state index in [9.17, 15) is 17.9 Å². The van der Waals surface area contributed by atoms with E-state index in [0.29, 0.717) is 23.0 Å². The first-order valence-corrected chi connectivity index (χ1v) is 11.0. The van der Waals surface area contributed by atoms with E-state index in [1.807, 2.05) is 6.07 Å². The average Bonchev–Trinajstić information content (AvgIpc) is 2.61. The molecule has 0 bridgehead atoms. The smallest absolute Gasteiger partial charge is 0.229 e. The highest BCUT2D eigenvalue weighted by molar-refractivity contribution is 7.92. The van der Waals surface area contributed by atoms with Crippen LogP contribution < -0.4 is 14.8 Å². The molecule has 154 valence electrons. The van der Waals surface area contributed by atoms with Gasteiger partial charge in [-0.1, -0.05) is 29.3 Å². The van der Waals surface area contributed by atoms with Crippen LogP contribution in [0.2, 0.25) is 10.0 Å². The van der Waals surface area contributed by atoms with Gasteiger partial charge in [-0.05, 0) is 42.8 Å². The molecule has 0 heterocycles. The first kappa shape index (κ1) is 22.7. The lowest BCUT2D eigenvalue weighted by Crippen LogP contribution is -2.32. The third-order valence-electron chi connectivity index (χ3n) is 3.63. The molecule has 10 heteroatoms. The molecule has 1 atom stereocenters. The molecule has 3 N–H and O–H groups in total. The van der Waals surface area contributed by atoms with Crippen LogP contribution in [-0.2, 0) is 16.4 Å². The molecule has 0 aliphatic rings. The molecule has 2 rings (SSSR count). The molecule has 0 fully saturated rings. The van der Waals surface area contributed by atoms with Gasteiger partial charge in [-0.15, -0.1) is 0 Å². The number of halogens is 3. The Bertz CT molecular complexity index is 912. The van der Waals surface area contributed by atoms with E-state index >= 15 is 0 Å². The van der Waals surface area contributed by atoms with E-state index in [-0.39, 0.29) is 24.6 Å².